The number of hydrogen-bond donors (Lipinski definition) is 0. The number of likely N-dealkylation sites (N-methyl/N-ethyl adjacent to an activating group) is 1. The van der Waals surface area contributed by atoms with Crippen LogP contribution in [0.1, 0.15) is 6.42 Å². The molecule has 3 heterocycles. The third-order valence-corrected chi connectivity index (χ3v) is 4.24. The first kappa shape index (κ1) is 17.6. The minimum absolute atomic E-state index is 0. The second kappa shape index (κ2) is 6.37. The van der Waals surface area contributed by atoms with Gasteiger partial charge in [-0.15, -0.1) is 12.4 Å². The van der Waals surface area contributed by atoms with Gasteiger partial charge < -0.3 is 14.4 Å². The van der Waals surface area contributed by atoms with Crippen LogP contribution in [-0.2, 0) is 20.6 Å². The molecule has 2 aromatic rings. The van der Waals surface area contributed by atoms with E-state index in [1.807, 2.05) is 18.7 Å². The second-order valence-corrected chi connectivity index (χ2v) is 6.09. The van der Waals surface area contributed by atoms with E-state index in [-0.39, 0.29) is 23.7 Å². The van der Waals surface area contributed by atoms with Crippen molar-refractivity contribution in [1.82, 2.24) is 23.6 Å². The van der Waals surface area contributed by atoms with Gasteiger partial charge in [0.2, 0.25) is 5.95 Å². The molecule has 0 radical (unpaired) electrons. The van der Waals surface area contributed by atoms with Crippen LogP contribution in [0.2, 0.25) is 0 Å². The van der Waals surface area contributed by atoms with E-state index >= 15 is 0 Å². The van der Waals surface area contributed by atoms with Crippen LogP contribution in [0, 0.1) is 0 Å². The monoisotopic (exact) mass is 342 g/mol. The molecule has 0 saturated heterocycles. The molecule has 0 aromatic carbocycles. The minimum Gasteiger partial charge on any atom is -0.341 e. The molecule has 0 fully saturated rings. The van der Waals surface area contributed by atoms with Crippen molar-refractivity contribution in [3.8, 4) is 0 Å². The van der Waals surface area contributed by atoms with Crippen molar-refractivity contribution in [2.75, 3.05) is 38.6 Å². The molecule has 9 heteroatoms. The number of hydrogen-bond acceptors (Lipinski definition) is 5. The average molecular weight is 343 g/mol. The maximum absolute atomic E-state index is 12.5. The Hall–Kier alpha value is -1.80. The fourth-order valence-electron chi connectivity index (χ4n) is 2.94. The zero-order valence-electron chi connectivity index (χ0n) is 13.9. The van der Waals surface area contributed by atoms with Crippen LogP contribution in [0.5, 0.6) is 0 Å². The Kier molecular flexibility index (Phi) is 4.86. The number of fused-ring (bicyclic) bond motifs is 3. The van der Waals surface area contributed by atoms with Gasteiger partial charge in [0.05, 0.1) is 0 Å². The van der Waals surface area contributed by atoms with Gasteiger partial charge in [0.1, 0.15) is 0 Å². The highest BCUT2D eigenvalue weighted by Crippen LogP contribution is 2.23. The van der Waals surface area contributed by atoms with E-state index in [9.17, 15) is 9.59 Å². The Balaban J connectivity index is 0.00000192. The smallest absolute Gasteiger partial charge is 0.332 e. The van der Waals surface area contributed by atoms with Crippen LogP contribution >= 0.6 is 12.4 Å². The van der Waals surface area contributed by atoms with Crippen LogP contribution in [0.15, 0.2) is 9.59 Å². The molecule has 3 rings (SSSR count). The Bertz CT molecular complexity index is 834. The third-order valence-electron chi connectivity index (χ3n) is 4.24. The van der Waals surface area contributed by atoms with E-state index in [1.165, 1.54) is 11.6 Å². The molecule has 0 amide bonds. The number of rotatable bonds is 3. The van der Waals surface area contributed by atoms with Crippen molar-refractivity contribution in [2.45, 2.75) is 13.0 Å². The van der Waals surface area contributed by atoms with Crippen LogP contribution in [0.25, 0.3) is 11.2 Å². The molecule has 23 heavy (non-hydrogen) atoms. The highest BCUT2D eigenvalue weighted by atomic mass is 35.5. The minimum atomic E-state index is -0.340. The van der Waals surface area contributed by atoms with E-state index in [0.717, 1.165) is 43.1 Å². The van der Waals surface area contributed by atoms with E-state index in [1.54, 1.807) is 7.05 Å². The van der Waals surface area contributed by atoms with Gasteiger partial charge in [-0.05, 0) is 20.5 Å². The molecule has 0 spiro atoms. The number of aryl methyl sites for hydroxylation is 2. The van der Waals surface area contributed by atoms with E-state index < -0.39 is 0 Å². The molecule has 0 saturated carbocycles. The van der Waals surface area contributed by atoms with E-state index in [2.05, 4.69) is 14.8 Å². The van der Waals surface area contributed by atoms with Gasteiger partial charge in [-0.2, -0.15) is 4.98 Å². The third kappa shape index (κ3) is 2.76. The van der Waals surface area contributed by atoms with Crippen molar-refractivity contribution in [3.05, 3.63) is 20.8 Å². The number of nitrogens with zero attached hydrogens (tertiary/aromatic N) is 6. The van der Waals surface area contributed by atoms with Crippen molar-refractivity contribution in [3.63, 3.8) is 0 Å². The topological polar surface area (TPSA) is 68.3 Å². The van der Waals surface area contributed by atoms with Crippen LogP contribution in [0.4, 0.5) is 5.95 Å². The largest absolute Gasteiger partial charge is 0.341 e. The first-order valence-corrected chi connectivity index (χ1v) is 7.47. The molecule has 1 aliphatic rings. The Morgan fingerprint density at radius 2 is 1.83 bits per heavy atom. The van der Waals surface area contributed by atoms with Gasteiger partial charge in [-0.25, -0.2) is 4.79 Å². The fraction of sp³-hybridized carbons (Fsp3) is 0.643. The van der Waals surface area contributed by atoms with Crippen molar-refractivity contribution >= 4 is 29.5 Å². The predicted molar refractivity (Wildman–Crippen MR) is 92.8 cm³/mol. The standard InChI is InChI=1S/C14H22N6O2.ClH/c1-16(2)8-9-19-6-5-7-20-10-11(15-13(19)20)17(3)14(22)18(4)12(10)21;/h5-9H2,1-4H3;1H. The summed E-state index contributed by atoms with van der Waals surface area (Å²) in [4.78, 5) is 33.4. The predicted octanol–water partition coefficient (Wildman–Crippen LogP) is -0.373. The summed E-state index contributed by atoms with van der Waals surface area (Å²) in [6.07, 6.45) is 0.970. The lowest BCUT2D eigenvalue weighted by molar-refractivity contribution is 0.405. The quantitative estimate of drug-likeness (QED) is 0.761. The SMILES string of the molecule is CN(C)CCN1CCCn2c1nc1c2c(=O)n(C)c(=O)n1C.Cl. The molecular weight excluding hydrogens is 320 g/mol. The summed E-state index contributed by atoms with van der Waals surface area (Å²) in [6.45, 7) is 3.45. The van der Waals surface area contributed by atoms with Crippen LogP contribution < -0.4 is 16.1 Å². The molecule has 128 valence electrons. The zero-order valence-corrected chi connectivity index (χ0v) is 14.8. The highest BCUT2D eigenvalue weighted by Gasteiger charge is 2.25. The maximum Gasteiger partial charge on any atom is 0.332 e. The van der Waals surface area contributed by atoms with Crippen molar-refractivity contribution < 1.29 is 0 Å². The Labute approximate surface area is 140 Å². The van der Waals surface area contributed by atoms with Crippen molar-refractivity contribution in [1.29, 1.82) is 0 Å². The van der Waals surface area contributed by atoms with Gasteiger partial charge in [-0.1, -0.05) is 0 Å². The lowest BCUT2D eigenvalue weighted by Crippen LogP contribution is -2.39. The second-order valence-electron chi connectivity index (χ2n) is 6.09. The van der Waals surface area contributed by atoms with Gasteiger partial charge in [0.25, 0.3) is 5.56 Å². The zero-order chi connectivity index (χ0) is 16.0. The first-order valence-electron chi connectivity index (χ1n) is 7.47. The normalized spacial score (nSPS) is 14.2. The fourth-order valence-corrected chi connectivity index (χ4v) is 2.94. The average Bonchev–Trinajstić information content (AvgIpc) is 2.88. The summed E-state index contributed by atoms with van der Waals surface area (Å²) in [6, 6.07) is 0. The van der Waals surface area contributed by atoms with Gasteiger partial charge in [0.15, 0.2) is 11.2 Å². The molecule has 2 aromatic heterocycles. The summed E-state index contributed by atoms with van der Waals surface area (Å²) >= 11 is 0. The summed E-state index contributed by atoms with van der Waals surface area (Å²) in [5.74, 6) is 0.793. The molecule has 0 aliphatic carbocycles. The molecule has 0 unspecified atom stereocenters. The number of imidazole rings is 1. The van der Waals surface area contributed by atoms with Gasteiger partial charge >= 0.3 is 5.69 Å². The summed E-state index contributed by atoms with van der Waals surface area (Å²) < 4.78 is 4.55. The number of aromatic nitrogens is 4. The molecule has 0 bridgehead atoms. The lowest BCUT2D eigenvalue weighted by Gasteiger charge is -2.29. The van der Waals surface area contributed by atoms with Gasteiger partial charge in [-0.3, -0.25) is 13.9 Å². The van der Waals surface area contributed by atoms with Crippen LogP contribution in [0.3, 0.4) is 0 Å². The molecule has 0 atom stereocenters. The lowest BCUT2D eigenvalue weighted by atomic mass is 10.3. The van der Waals surface area contributed by atoms with Gasteiger partial charge in [0, 0.05) is 40.3 Å². The maximum atomic E-state index is 12.5. The Morgan fingerprint density at radius 1 is 1.13 bits per heavy atom. The number of anilines is 1. The molecule has 1 aliphatic heterocycles. The Morgan fingerprint density at radius 3 is 2.48 bits per heavy atom. The van der Waals surface area contributed by atoms with Crippen LogP contribution in [-0.4, -0.2) is 57.3 Å². The summed E-state index contributed by atoms with van der Waals surface area (Å²) in [5.41, 5.74) is 0.383. The van der Waals surface area contributed by atoms with Crippen molar-refractivity contribution in [2.24, 2.45) is 14.1 Å². The molecular formula is C14H23ClN6O2. The number of halogens is 1. The van der Waals surface area contributed by atoms with E-state index in [0.29, 0.717) is 11.2 Å². The highest BCUT2D eigenvalue weighted by molar-refractivity contribution is 5.85. The van der Waals surface area contributed by atoms with E-state index in [4.69, 9.17) is 0 Å². The summed E-state index contributed by atoms with van der Waals surface area (Å²) in [5, 5.41) is 0. The molecule has 8 nitrogen and oxygen atoms in total. The molecule has 0 N–H and O–H groups in total. The summed E-state index contributed by atoms with van der Waals surface area (Å²) in [7, 11) is 7.24. The first-order chi connectivity index (χ1) is 10.4.